The Bertz CT molecular complexity index is 1150. The third-order valence-electron chi connectivity index (χ3n) is 6.85. The number of hydrogen-bond donors (Lipinski definition) is 1. The quantitative estimate of drug-likeness (QED) is 0.834. The second kappa shape index (κ2) is 6.81. The van der Waals surface area contributed by atoms with Crippen LogP contribution in [0.1, 0.15) is 54.1 Å². The lowest BCUT2D eigenvalue weighted by molar-refractivity contribution is 0.0695. The number of carbonyl (C=O) groups is 1. The highest BCUT2D eigenvalue weighted by Gasteiger charge is 2.39. The lowest BCUT2D eigenvalue weighted by Crippen LogP contribution is -2.41. The van der Waals surface area contributed by atoms with Crippen molar-refractivity contribution in [2.24, 2.45) is 5.41 Å². The maximum atomic E-state index is 15.3. The van der Waals surface area contributed by atoms with Crippen LogP contribution in [0.25, 0.3) is 10.9 Å². The first-order valence-corrected chi connectivity index (χ1v) is 10.3. The Morgan fingerprint density at radius 3 is 2.60 bits per heavy atom. The Hall–Kier alpha value is -2.92. The molecule has 3 aliphatic rings. The van der Waals surface area contributed by atoms with Gasteiger partial charge in [-0.2, -0.15) is 5.26 Å². The minimum Gasteiger partial charge on any atom is -0.477 e. The van der Waals surface area contributed by atoms with Crippen molar-refractivity contribution in [3.8, 4) is 6.07 Å². The molecule has 156 valence electrons. The highest BCUT2D eigenvalue weighted by Crippen LogP contribution is 2.43. The summed E-state index contributed by atoms with van der Waals surface area (Å²) in [5.74, 6) is -2.00. The summed E-state index contributed by atoms with van der Waals surface area (Å²) >= 11 is 0. The van der Waals surface area contributed by atoms with Crippen molar-refractivity contribution in [1.82, 2.24) is 4.57 Å². The Balaban J connectivity index is 1.67. The molecular weight excluding hydrogens is 389 g/mol. The van der Waals surface area contributed by atoms with Gasteiger partial charge < -0.3 is 19.3 Å². The number of nitriles is 1. The number of hydrogen-bond acceptors (Lipinski definition) is 5. The predicted octanol–water partition coefficient (Wildman–Crippen LogP) is 3.05. The SMILES string of the molecule is N#Cc1c(N2CCC3(CCOC3)CC2)c(F)cc2c(=O)c(C(=O)O)cn(C3CC3)c12. The molecule has 0 bridgehead atoms. The highest BCUT2D eigenvalue weighted by molar-refractivity contribution is 5.96. The average Bonchev–Trinajstić information content (AvgIpc) is 3.48. The fourth-order valence-corrected chi connectivity index (χ4v) is 4.93. The number of aromatic nitrogens is 1. The third kappa shape index (κ3) is 2.88. The van der Waals surface area contributed by atoms with Gasteiger partial charge in [0.25, 0.3) is 0 Å². The Morgan fingerprint density at radius 2 is 2.03 bits per heavy atom. The van der Waals surface area contributed by atoms with Crippen molar-refractivity contribution < 1.29 is 19.0 Å². The summed E-state index contributed by atoms with van der Waals surface area (Å²) in [5.41, 5.74) is -0.330. The molecule has 2 aromatic rings. The summed E-state index contributed by atoms with van der Waals surface area (Å²) in [7, 11) is 0. The van der Waals surface area contributed by atoms with E-state index in [0.29, 0.717) is 18.6 Å². The summed E-state index contributed by atoms with van der Waals surface area (Å²) in [4.78, 5) is 26.2. The van der Waals surface area contributed by atoms with Crippen LogP contribution in [0.5, 0.6) is 0 Å². The van der Waals surface area contributed by atoms with Gasteiger partial charge in [-0.05, 0) is 43.6 Å². The van der Waals surface area contributed by atoms with Crippen molar-refractivity contribution >= 4 is 22.6 Å². The Labute approximate surface area is 172 Å². The number of ether oxygens (including phenoxy) is 1. The number of piperidine rings is 1. The van der Waals surface area contributed by atoms with E-state index in [1.54, 1.807) is 4.57 Å². The lowest BCUT2D eigenvalue weighted by atomic mass is 9.78. The van der Waals surface area contributed by atoms with E-state index < -0.39 is 22.8 Å². The van der Waals surface area contributed by atoms with Gasteiger partial charge in [-0.1, -0.05) is 0 Å². The summed E-state index contributed by atoms with van der Waals surface area (Å²) in [6.45, 7) is 2.71. The lowest BCUT2D eigenvalue weighted by Gasteiger charge is -2.40. The molecule has 3 heterocycles. The van der Waals surface area contributed by atoms with E-state index >= 15 is 4.39 Å². The molecule has 1 aliphatic carbocycles. The topological polar surface area (TPSA) is 95.6 Å². The van der Waals surface area contributed by atoms with Crippen molar-refractivity contribution in [3.63, 3.8) is 0 Å². The number of fused-ring (bicyclic) bond motifs is 1. The van der Waals surface area contributed by atoms with Gasteiger partial charge in [0.1, 0.15) is 23.0 Å². The molecule has 1 aromatic heterocycles. The number of anilines is 1. The molecule has 7 nitrogen and oxygen atoms in total. The number of rotatable bonds is 3. The number of pyridine rings is 1. The maximum absolute atomic E-state index is 15.3. The van der Waals surface area contributed by atoms with Crippen LogP contribution in [0.15, 0.2) is 17.1 Å². The second-order valence-corrected chi connectivity index (χ2v) is 8.70. The second-order valence-electron chi connectivity index (χ2n) is 8.70. The van der Waals surface area contributed by atoms with Crippen molar-refractivity contribution in [2.45, 2.75) is 38.1 Å². The van der Waals surface area contributed by atoms with E-state index in [-0.39, 0.29) is 28.1 Å². The van der Waals surface area contributed by atoms with Crippen LogP contribution in [0.2, 0.25) is 0 Å². The van der Waals surface area contributed by atoms with E-state index in [1.165, 1.54) is 6.20 Å². The minimum absolute atomic E-state index is 0.0249. The summed E-state index contributed by atoms with van der Waals surface area (Å²) in [6.07, 6.45) is 5.72. The first-order valence-electron chi connectivity index (χ1n) is 10.3. The Kier molecular flexibility index (Phi) is 4.33. The number of nitrogens with zero attached hydrogens (tertiary/aromatic N) is 3. The molecule has 0 amide bonds. The monoisotopic (exact) mass is 411 g/mol. The normalized spacial score (nSPS) is 20.6. The van der Waals surface area contributed by atoms with Gasteiger partial charge in [0, 0.05) is 31.9 Å². The molecule has 1 aromatic carbocycles. The molecule has 0 unspecified atom stereocenters. The van der Waals surface area contributed by atoms with Crippen molar-refractivity contribution in [3.05, 3.63) is 39.4 Å². The molecule has 30 heavy (non-hydrogen) atoms. The predicted molar refractivity (Wildman–Crippen MR) is 107 cm³/mol. The van der Waals surface area contributed by atoms with Gasteiger partial charge in [0.05, 0.1) is 23.2 Å². The van der Waals surface area contributed by atoms with Gasteiger partial charge in [0.2, 0.25) is 5.43 Å². The summed E-state index contributed by atoms with van der Waals surface area (Å²) in [5, 5.41) is 19.3. The van der Waals surface area contributed by atoms with Crippen LogP contribution < -0.4 is 10.3 Å². The molecule has 3 fully saturated rings. The molecule has 2 saturated heterocycles. The maximum Gasteiger partial charge on any atom is 0.341 e. The number of benzene rings is 1. The van der Waals surface area contributed by atoms with Crippen LogP contribution in [0, 0.1) is 22.6 Å². The average molecular weight is 411 g/mol. The van der Waals surface area contributed by atoms with Gasteiger partial charge in [-0.25, -0.2) is 9.18 Å². The van der Waals surface area contributed by atoms with Crippen LogP contribution in [0.4, 0.5) is 10.1 Å². The molecule has 1 N–H and O–H groups in total. The molecule has 1 saturated carbocycles. The molecule has 8 heteroatoms. The first kappa shape index (κ1) is 19.1. The van der Waals surface area contributed by atoms with Gasteiger partial charge in [-0.15, -0.1) is 0 Å². The molecular formula is C22H22FN3O4. The summed E-state index contributed by atoms with van der Waals surface area (Å²) in [6, 6.07) is 3.26. The fourth-order valence-electron chi connectivity index (χ4n) is 4.93. The standard InChI is InChI=1S/C22H22FN3O4/c23-17-9-14-18(26(13-1-2-13)11-16(20(14)27)21(28)29)15(10-24)19(17)25-6-3-22(4-7-25)5-8-30-12-22/h9,11,13H,1-8,12H2,(H,28,29). The van der Waals surface area contributed by atoms with Crippen molar-refractivity contribution in [2.75, 3.05) is 31.2 Å². The van der Waals surface area contributed by atoms with Crippen LogP contribution in [-0.2, 0) is 4.74 Å². The van der Waals surface area contributed by atoms with Crippen LogP contribution in [-0.4, -0.2) is 41.9 Å². The number of carboxylic acid groups (broad SMARTS) is 1. The van der Waals surface area contributed by atoms with E-state index in [0.717, 1.165) is 51.4 Å². The Morgan fingerprint density at radius 1 is 1.30 bits per heavy atom. The largest absolute Gasteiger partial charge is 0.477 e. The highest BCUT2D eigenvalue weighted by atomic mass is 19.1. The number of halogens is 1. The van der Waals surface area contributed by atoms with E-state index in [4.69, 9.17) is 4.74 Å². The summed E-state index contributed by atoms with van der Waals surface area (Å²) < 4.78 is 22.5. The number of aromatic carboxylic acids is 1. The zero-order valence-electron chi connectivity index (χ0n) is 16.5. The minimum atomic E-state index is -1.35. The van der Waals surface area contributed by atoms with E-state index in [1.807, 2.05) is 4.90 Å². The van der Waals surface area contributed by atoms with Crippen molar-refractivity contribution in [1.29, 1.82) is 5.26 Å². The zero-order valence-corrected chi connectivity index (χ0v) is 16.5. The molecule has 0 atom stereocenters. The first-order chi connectivity index (χ1) is 14.4. The molecule has 0 radical (unpaired) electrons. The van der Waals surface area contributed by atoms with E-state index in [2.05, 4.69) is 6.07 Å². The third-order valence-corrected chi connectivity index (χ3v) is 6.85. The molecule has 5 rings (SSSR count). The molecule has 2 aliphatic heterocycles. The number of carboxylic acids is 1. The van der Waals surface area contributed by atoms with Crippen LogP contribution in [0.3, 0.4) is 0 Å². The van der Waals surface area contributed by atoms with Gasteiger partial charge in [0.15, 0.2) is 0 Å². The fraction of sp³-hybridized carbons (Fsp3) is 0.500. The smallest absolute Gasteiger partial charge is 0.341 e. The van der Waals surface area contributed by atoms with Gasteiger partial charge >= 0.3 is 5.97 Å². The van der Waals surface area contributed by atoms with Crippen LogP contribution >= 0.6 is 0 Å². The molecule has 1 spiro atoms. The zero-order chi connectivity index (χ0) is 21.0. The van der Waals surface area contributed by atoms with E-state index in [9.17, 15) is 20.0 Å². The van der Waals surface area contributed by atoms with Gasteiger partial charge in [-0.3, -0.25) is 4.79 Å².